The number of hydrogen-bond donors (Lipinski definition) is 1. The van der Waals surface area contributed by atoms with Crippen LogP contribution in [0.2, 0.25) is 0 Å². The fourth-order valence-corrected chi connectivity index (χ4v) is 2.46. The monoisotopic (exact) mass is 250 g/mol. The molecule has 0 radical (unpaired) electrons. The molecule has 1 fully saturated rings. The van der Waals surface area contributed by atoms with Crippen LogP contribution in [0.4, 0.5) is 5.95 Å². The van der Waals surface area contributed by atoms with Crippen molar-refractivity contribution in [3.8, 4) is 17.2 Å². The van der Waals surface area contributed by atoms with E-state index in [1.165, 1.54) is 0 Å². The Morgan fingerprint density at radius 1 is 1.05 bits per heavy atom. The third kappa shape index (κ3) is 1.93. The van der Waals surface area contributed by atoms with Crippen molar-refractivity contribution in [2.24, 2.45) is 0 Å². The Labute approximate surface area is 111 Å². The maximum Gasteiger partial charge on any atom is 0.219 e. The van der Waals surface area contributed by atoms with Gasteiger partial charge in [-0.3, -0.25) is 0 Å². The van der Waals surface area contributed by atoms with E-state index < -0.39 is 0 Å². The predicted molar refractivity (Wildman–Crippen MR) is 73.0 cm³/mol. The van der Waals surface area contributed by atoms with Crippen molar-refractivity contribution in [1.82, 2.24) is 9.97 Å². The van der Waals surface area contributed by atoms with Gasteiger partial charge in [0.25, 0.3) is 0 Å². The van der Waals surface area contributed by atoms with E-state index in [2.05, 4.69) is 16.0 Å². The molecule has 1 aliphatic rings. The number of hydrogen-bond acceptors (Lipinski definition) is 4. The van der Waals surface area contributed by atoms with Crippen LogP contribution in [0.15, 0.2) is 36.7 Å². The zero-order valence-electron chi connectivity index (χ0n) is 10.5. The van der Waals surface area contributed by atoms with Gasteiger partial charge in [-0.25, -0.2) is 9.97 Å². The number of benzene rings is 1. The highest BCUT2D eigenvalue weighted by Gasteiger charge is 2.38. The van der Waals surface area contributed by atoms with E-state index in [1.54, 1.807) is 12.4 Å². The Morgan fingerprint density at radius 3 is 2.16 bits per heavy atom. The zero-order valence-corrected chi connectivity index (χ0v) is 10.5. The van der Waals surface area contributed by atoms with E-state index in [4.69, 9.17) is 5.73 Å². The fraction of sp³-hybridized carbons (Fsp3) is 0.267. The molecule has 94 valence electrons. The number of aromatic nitrogens is 2. The van der Waals surface area contributed by atoms with Crippen molar-refractivity contribution in [2.75, 3.05) is 5.73 Å². The van der Waals surface area contributed by atoms with Crippen molar-refractivity contribution >= 4 is 5.95 Å². The van der Waals surface area contributed by atoms with Crippen molar-refractivity contribution in [3.63, 3.8) is 0 Å². The molecule has 3 rings (SSSR count). The Hall–Kier alpha value is -2.41. The number of anilines is 1. The third-order valence-corrected chi connectivity index (χ3v) is 3.86. The predicted octanol–water partition coefficient (Wildman–Crippen LogP) is 2.67. The molecule has 1 aromatic heterocycles. The van der Waals surface area contributed by atoms with Crippen molar-refractivity contribution in [1.29, 1.82) is 5.26 Å². The molecule has 2 aromatic rings. The van der Waals surface area contributed by atoms with E-state index in [-0.39, 0.29) is 11.4 Å². The summed E-state index contributed by atoms with van der Waals surface area (Å²) >= 11 is 0. The van der Waals surface area contributed by atoms with Crippen LogP contribution in [-0.2, 0) is 5.41 Å². The number of nitrogen functional groups attached to an aromatic ring is 1. The van der Waals surface area contributed by atoms with E-state index in [1.807, 2.05) is 24.3 Å². The topological polar surface area (TPSA) is 75.6 Å². The zero-order chi connectivity index (χ0) is 13.3. The summed E-state index contributed by atoms with van der Waals surface area (Å²) in [6.07, 6.45) is 6.49. The number of nitrogens with two attached hydrogens (primary N) is 1. The fourth-order valence-electron chi connectivity index (χ4n) is 2.46. The number of nitriles is 1. The van der Waals surface area contributed by atoms with Crippen LogP contribution in [-0.4, -0.2) is 9.97 Å². The molecule has 0 unspecified atom stereocenters. The molecule has 0 atom stereocenters. The molecular weight excluding hydrogens is 236 g/mol. The molecular formula is C15H14N4. The molecule has 1 saturated carbocycles. The minimum absolute atomic E-state index is 0.254. The smallest absolute Gasteiger partial charge is 0.219 e. The van der Waals surface area contributed by atoms with Crippen LogP contribution in [0, 0.1) is 11.3 Å². The summed E-state index contributed by atoms with van der Waals surface area (Å²) in [6, 6.07) is 10.6. The molecule has 1 aliphatic carbocycles. The van der Waals surface area contributed by atoms with E-state index >= 15 is 0 Å². The lowest BCUT2D eigenvalue weighted by Crippen LogP contribution is -2.32. The van der Waals surface area contributed by atoms with Gasteiger partial charge in [0.1, 0.15) is 0 Å². The van der Waals surface area contributed by atoms with Gasteiger partial charge in [-0.1, -0.05) is 24.3 Å². The SMILES string of the molecule is N#CC1(c2ccc(-c3cnc(N)nc3)cc2)CCC1. The summed E-state index contributed by atoms with van der Waals surface area (Å²) in [5, 5.41) is 9.32. The minimum Gasteiger partial charge on any atom is -0.368 e. The first kappa shape index (κ1) is 11.7. The van der Waals surface area contributed by atoms with E-state index in [9.17, 15) is 5.26 Å². The molecule has 1 aromatic carbocycles. The van der Waals surface area contributed by atoms with Crippen LogP contribution in [0.3, 0.4) is 0 Å². The highest BCUT2D eigenvalue weighted by molar-refractivity contribution is 5.62. The van der Waals surface area contributed by atoms with Gasteiger partial charge in [0.05, 0.1) is 11.5 Å². The third-order valence-electron chi connectivity index (χ3n) is 3.86. The highest BCUT2D eigenvalue weighted by Crippen LogP contribution is 2.43. The summed E-state index contributed by atoms with van der Waals surface area (Å²) in [4.78, 5) is 7.97. The average molecular weight is 250 g/mol. The van der Waals surface area contributed by atoms with Crippen LogP contribution in [0.5, 0.6) is 0 Å². The van der Waals surface area contributed by atoms with Gasteiger partial charge in [0.15, 0.2) is 0 Å². The van der Waals surface area contributed by atoms with Gasteiger partial charge in [-0.05, 0) is 30.4 Å². The first-order valence-electron chi connectivity index (χ1n) is 6.33. The molecule has 1 heterocycles. The largest absolute Gasteiger partial charge is 0.368 e. The highest BCUT2D eigenvalue weighted by atomic mass is 15.0. The lowest BCUT2D eigenvalue weighted by Gasteiger charge is -2.35. The summed E-state index contributed by atoms with van der Waals surface area (Å²) in [5.41, 5.74) is 8.30. The second-order valence-electron chi connectivity index (χ2n) is 4.95. The second kappa shape index (κ2) is 4.36. The normalized spacial score (nSPS) is 16.4. The van der Waals surface area contributed by atoms with Crippen LogP contribution in [0.1, 0.15) is 24.8 Å². The summed E-state index contributed by atoms with van der Waals surface area (Å²) < 4.78 is 0. The molecule has 0 amide bonds. The van der Waals surface area contributed by atoms with Gasteiger partial charge in [-0.2, -0.15) is 5.26 Å². The molecule has 0 aliphatic heterocycles. The molecule has 0 spiro atoms. The van der Waals surface area contributed by atoms with Crippen molar-refractivity contribution < 1.29 is 0 Å². The van der Waals surface area contributed by atoms with Gasteiger partial charge in [0, 0.05) is 18.0 Å². The second-order valence-corrected chi connectivity index (χ2v) is 4.95. The van der Waals surface area contributed by atoms with Gasteiger partial charge in [0.2, 0.25) is 5.95 Å². The minimum atomic E-state index is -0.254. The standard InChI is InChI=1S/C15H14N4/c16-10-15(6-1-7-15)13-4-2-11(3-5-13)12-8-18-14(17)19-9-12/h2-5,8-9H,1,6-7H2,(H2,17,18,19). The maximum atomic E-state index is 9.32. The van der Waals surface area contributed by atoms with Crippen molar-refractivity contribution in [3.05, 3.63) is 42.2 Å². The molecule has 0 bridgehead atoms. The number of rotatable bonds is 2. The first-order valence-corrected chi connectivity index (χ1v) is 6.33. The lowest BCUT2D eigenvalue weighted by molar-refractivity contribution is 0.324. The Morgan fingerprint density at radius 2 is 1.68 bits per heavy atom. The Balaban J connectivity index is 1.91. The molecule has 2 N–H and O–H groups in total. The lowest BCUT2D eigenvalue weighted by atomic mass is 9.65. The Bertz CT molecular complexity index is 619. The van der Waals surface area contributed by atoms with Crippen LogP contribution < -0.4 is 5.73 Å². The number of nitrogens with zero attached hydrogens (tertiary/aromatic N) is 3. The van der Waals surface area contributed by atoms with Gasteiger partial charge in [-0.15, -0.1) is 0 Å². The summed E-state index contributed by atoms with van der Waals surface area (Å²) in [7, 11) is 0. The van der Waals surface area contributed by atoms with Crippen LogP contribution in [0.25, 0.3) is 11.1 Å². The van der Waals surface area contributed by atoms with E-state index in [0.717, 1.165) is 36.0 Å². The summed E-state index contributed by atoms with van der Waals surface area (Å²) in [6.45, 7) is 0. The average Bonchev–Trinajstić information content (AvgIpc) is 2.40. The van der Waals surface area contributed by atoms with E-state index in [0.29, 0.717) is 0 Å². The quantitative estimate of drug-likeness (QED) is 0.889. The summed E-state index contributed by atoms with van der Waals surface area (Å²) in [5.74, 6) is 0.276. The Kier molecular flexibility index (Phi) is 2.68. The molecule has 4 heteroatoms. The van der Waals surface area contributed by atoms with Crippen molar-refractivity contribution in [2.45, 2.75) is 24.7 Å². The molecule has 19 heavy (non-hydrogen) atoms. The van der Waals surface area contributed by atoms with Crippen LogP contribution >= 0.6 is 0 Å². The maximum absolute atomic E-state index is 9.32. The molecule has 0 saturated heterocycles. The molecule has 4 nitrogen and oxygen atoms in total. The first-order chi connectivity index (χ1) is 9.23. The van der Waals surface area contributed by atoms with Gasteiger partial charge < -0.3 is 5.73 Å². The van der Waals surface area contributed by atoms with Gasteiger partial charge >= 0.3 is 0 Å².